The van der Waals surface area contributed by atoms with Crippen molar-refractivity contribution in [3.05, 3.63) is 76.8 Å². The summed E-state index contributed by atoms with van der Waals surface area (Å²) in [6.45, 7) is 3.34. The minimum atomic E-state index is -3.44. The number of unbranched alkanes of at least 4 members (excludes halogenated alkanes) is 1. The van der Waals surface area contributed by atoms with Gasteiger partial charge in [0.2, 0.25) is 0 Å². The molecule has 5 rings (SSSR count). The van der Waals surface area contributed by atoms with Gasteiger partial charge >= 0.3 is 0 Å². The summed E-state index contributed by atoms with van der Waals surface area (Å²) in [5, 5.41) is -0.105. The van der Waals surface area contributed by atoms with Crippen molar-refractivity contribution in [2.45, 2.75) is 49.3 Å². The number of pyridine rings is 1. The molecule has 0 radical (unpaired) electrons. The largest absolute Gasteiger partial charge is 0.337 e. The molecule has 8 nitrogen and oxygen atoms in total. The molecule has 1 saturated heterocycles. The summed E-state index contributed by atoms with van der Waals surface area (Å²) in [5.74, 6) is -0.192. The standard InChI is InChI=1S/C26H28N4O4S/c1-2-3-14-29-22(18-21-24(29)27-23-11-7-8-15-30(23)25(21)31)26(32)28-16-12-20(13-17-28)35(33,34)19-9-5-4-6-10-19/h4-11,15,18,20H,2-3,12-14,16-17H2,1H3. The van der Waals surface area contributed by atoms with Crippen LogP contribution in [-0.2, 0) is 16.4 Å². The lowest BCUT2D eigenvalue weighted by molar-refractivity contribution is 0.0715. The molecular formula is C26H28N4O4S. The molecule has 1 amide bonds. The van der Waals surface area contributed by atoms with Crippen molar-refractivity contribution in [3.8, 4) is 0 Å². The van der Waals surface area contributed by atoms with E-state index in [1.807, 2.05) is 10.6 Å². The van der Waals surface area contributed by atoms with Crippen LogP contribution in [0, 0.1) is 0 Å². The molecule has 0 saturated carbocycles. The fourth-order valence-electron chi connectivity index (χ4n) is 4.81. The van der Waals surface area contributed by atoms with Crippen LogP contribution in [0.3, 0.4) is 0 Å². The zero-order valence-corrected chi connectivity index (χ0v) is 20.4. The number of aromatic nitrogens is 3. The van der Waals surface area contributed by atoms with E-state index in [1.165, 1.54) is 4.40 Å². The Morgan fingerprint density at radius 2 is 1.77 bits per heavy atom. The van der Waals surface area contributed by atoms with Gasteiger partial charge in [-0.2, -0.15) is 0 Å². The second-order valence-electron chi connectivity index (χ2n) is 8.97. The summed E-state index contributed by atoms with van der Waals surface area (Å²) in [6.07, 6.45) is 4.21. The van der Waals surface area contributed by atoms with Gasteiger partial charge in [0.05, 0.1) is 15.5 Å². The Morgan fingerprint density at radius 1 is 1.06 bits per heavy atom. The maximum Gasteiger partial charge on any atom is 0.270 e. The molecule has 9 heteroatoms. The number of amides is 1. The lowest BCUT2D eigenvalue weighted by atomic mass is 10.1. The normalized spacial score (nSPS) is 15.2. The topological polar surface area (TPSA) is 93.8 Å². The molecule has 0 aliphatic carbocycles. The number of piperidine rings is 1. The van der Waals surface area contributed by atoms with Crippen molar-refractivity contribution in [3.63, 3.8) is 0 Å². The van der Waals surface area contributed by atoms with E-state index in [9.17, 15) is 18.0 Å². The molecule has 1 aliphatic heterocycles. The predicted octanol–water partition coefficient (Wildman–Crippen LogP) is 3.53. The third kappa shape index (κ3) is 4.14. The van der Waals surface area contributed by atoms with Gasteiger partial charge in [-0.15, -0.1) is 0 Å². The number of likely N-dealkylation sites (tertiary alicyclic amines) is 1. The molecule has 35 heavy (non-hydrogen) atoms. The fraction of sp³-hybridized carbons (Fsp3) is 0.346. The highest BCUT2D eigenvalue weighted by Gasteiger charge is 2.34. The van der Waals surface area contributed by atoms with Crippen molar-refractivity contribution in [1.82, 2.24) is 18.9 Å². The van der Waals surface area contributed by atoms with Gasteiger partial charge in [-0.1, -0.05) is 37.6 Å². The summed E-state index contributed by atoms with van der Waals surface area (Å²) in [6, 6.07) is 15.5. The Bertz CT molecular complexity index is 1550. The lowest BCUT2D eigenvalue weighted by Crippen LogP contribution is -2.43. The van der Waals surface area contributed by atoms with E-state index in [0.29, 0.717) is 59.7 Å². The SMILES string of the molecule is CCCCn1c(C(=O)N2CCC(S(=O)(=O)c3ccccc3)CC2)cc2c(=O)n3ccccc3nc21. The molecule has 1 fully saturated rings. The number of fused-ring (bicyclic) bond motifs is 2. The maximum atomic E-state index is 13.6. The Morgan fingerprint density at radius 3 is 2.49 bits per heavy atom. The Hall–Kier alpha value is -3.46. The van der Waals surface area contributed by atoms with Gasteiger partial charge in [0.1, 0.15) is 17.0 Å². The number of nitrogens with zero attached hydrogens (tertiary/aromatic N) is 4. The molecule has 4 heterocycles. The van der Waals surface area contributed by atoms with Gasteiger partial charge in [-0.25, -0.2) is 13.4 Å². The average molecular weight is 493 g/mol. The number of sulfone groups is 1. The first kappa shape index (κ1) is 23.3. The third-order valence-electron chi connectivity index (χ3n) is 6.77. The summed E-state index contributed by atoms with van der Waals surface area (Å²) >= 11 is 0. The first-order valence-electron chi connectivity index (χ1n) is 12.0. The molecule has 182 valence electrons. The van der Waals surface area contributed by atoms with E-state index in [1.54, 1.807) is 59.6 Å². The molecule has 4 aromatic rings. The number of hydrogen-bond acceptors (Lipinski definition) is 5. The van der Waals surface area contributed by atoms with E-state index >= 15 is 0 Å². The van der Waals surface area contributed by atoms with Crippen LogP contribution in [-0.4, -0.2) is 51.5 Å². The van der Waals surface area contributed by atoms with Gasteiger partial charge in [0.25, 0.3) is 11.5 Å². The molecule has 0 spiro atoms. The van der Waals surface area contributed by atoms with Crippen molar-refractivity contribution >= 4 is 32.4 Å². The second kappa shape index (κ2) is 9.30. The van der Waals surface area contributed by atoms with Crippen LogP contribution in [0.1, 0.15) is 43.1 Å². The molecule has 0 bridgehead atoms. The Balaban J connectivity index is 1.45. The van der Waals surface area contributed by atoms with E-state index in [2.05, 4.69) is 6.92 Å². The second-order valence-corrected chi connectivity index (χ2v) is 11.2. The molecule has 1 aliphatic rings. The van der Waals surface area contributed by atoms with Crippen molar-refractivity contribution in [1.29, 1.82) is 0 Å². The van der Waals surface area contributed by atoms with Gasteiger partial charge in [-0.05, 0) is 49.6 Å². The van der Waals surface area contributed by atoms with Crippen molar-refractivity contribution in [2.75, 3.05) is 13.1 Å². The quantitative estimate of drug-likeness (QED) is 0.411. The predicted molar refractivity (Wildman–Crippen MR) is 134 cm³/mol. The number of carbonyl (C=O) groups is 1. The van der Waals surface area contributed by atoms with E-state index in [0.717, 1.165) is 12.8 Å². The molecule has 3 aromatic heterocycles. The first-order valence-corrected chi connectivity index (χ1v) is 13.6. The molecule has 1 aromatic carbocycles. The van der Waals surface area contributed by atoms with Crippen molar-refractivity contribution in [2.24, 2.45) is 0 Å². The minimum Gasteiger partial charge on any atom is -0.337 e. The highest BCUT2D eigenvalue weighted by Crippen LogP contribution is 2.26. The van der Waals surface area contributed by atoms with Crippen LogP contribution >= 0.6 is 0 Å². The smallest absolute Gasteiger partial charge is 0.270 e. The molecular weight excluding hydrogens is 464 g/mol. The van der Waals surface area contributed by atoms with Crippen molar-refractivity contribution < 1.29 is 13.2 Å². The van der Waals surface area contributed by atoms with Gasteiger partial charge in [0, 0.05) is 25.8 Å². The highest BCUT2D eigenvalue weighted by atomic mass is 32.2. The zero-order chi connectivity index (χ0) is 24.6. The fourth-order valence-corrected chi connectivity index (χ4v) is 6.56. The molecule has 0 unspecified atom stereocenters. The zero-order valence-electron chi connectivity index (χ0n) is 19.6. The molecule has 0 atom stereocenters. The monoisotopic (exact) mass is 492 g/mol. The van der Waals surface area contributed by atoms with Crippen LogP contribution in [0.5, 0.6) is 0 Å². The third-order valence-corrected chi connectivity index (χ3v) is 9.05. The number of benzene rings is 1. The van der Waals surface area contributed by atoms with Gasteiger partial charge < -0.3 is 9.47 Å². The number of carbonyl (C=O) groups excluding carboxylic acids is 1. The van der Waals surface area contributed by atoms with E-state index < -0.39 is 15.1 Å². The number of rotatable bonds is 6. The van der Waals surface area contributed by atoms with Crippen LogP contribution in [0.2, 0.25) is 0 Å². The summed E-state index contributed by atoms with van der Waals surface area (Å²) in [5.41, 5.74) is 1.27. The number of hydrogen-bond donors (Lipinski definition) is 0. The summed E-state index contributed by atoms with van der Waals surface area (Å²) in [7, 11) is -3.44. The molecule has 0 N–H and O–H groups in total. The van der Waals surface area contributed by atoms with Crippen LogP contribution in [0.15, 0.2) is 70.5 Å². The van der Waals surface area contributed by atoms with Gasteiger partial charge in [0.15, 0.2) is 9.84 Å². The average Bonchev–Trinajstić information content (AvgIpc) is 3.26. The van der Waals surface area contributed by atoms with E-state index in [-0.39, 0.29) is 11.5 Å². The summed E-state index contributed by atoms with van der Waals surface area (Å²) in [4.78, 5) is 33.5. The Kier molecular flexibility index (Phi) is 6.19. The van der Waals surface area contributed by atoms with Crippen LogP contribution in [0.25, 0.3) is 16.7 Å². The maximum absolute atomic E-state index is 13.6. The summed E-state index contributed by atoms with van der Waals surface area (Å²) < 4.78 is 29.4. The highest BCUT2D eigenvalue weighted by molar-refractivity contribution is 7.92. The Labute approximate surface area is 203 Å². The van der Waals surface area contributed by atoms with E-state index in [4.69, 9.17) is 4.98 Å². The first-order chi connectivity index (χ1) is 16.9. The van der Waals surface area contributed by atoms with Crippen LogP contribution < -0.4 is 5.56 Å². The van der Waals surface area contributed by atoms with Gasteiger partial charge in [-0.3, -0.25) is 14.0 Å². The minimum absolute atomic E-state index is 0.192. The number of aryl methyl sites for hydroxylation is 1. The lowest BCUT2D eigenvalue weighted by Gasteiger charge is -2.32. The van der Waals surface area contributed by atoms with Crippen LogP contribution in [0.4, 0.5) is 0 Å².